The number of pyridine rings is 1. The van der Waals surface area contributed by atoms with E-state index in [1.54, 1.807) is 10.8 Å². The fourth-order valence-electron chi connectivity index (χ4n) is 3.39. The van der Waals surface area contributed by atoms with Gasteiger partial charge in [-0.3, -0.25) is 14.1 Å². The summed E-state index contributed by atoms with van der Waals surface area (Å²) in [6.07, 6.45) is 3.93. The highest BCUT2D eigenvalue weighted by molar-refractivity contribution is 9.10. The molecular formula is C16H17BrN4O. The Balaban J connectivity index is 2.11. The number of fused-ring (bicyclic) bond motifs is 3. The summed E-state index contributed by atoms with van der Waals surface area (Å²) in [5.74, 6) is 0. The number of rotatable bonds is 1. The van der Waals surface area contributed by atoms with Crippen molar-refractivity contribution in [2.24, 2.45) is 7.05 Å². The first-order valence-electron chi connectivity index (χ1n) is 7.53. The van der Waals surface area contributed by atoms with Crippen LogP contribution in [0.2, 0.25) is 0 Å². The molecule has 0 spiro atoms. The van der Waals surface area contributed by atoms with E-state index in [0.29, 0.717) is 0 Å². The third-order valence-electron chi connectivity index (χ3n) is 4.51. The van der Waals surface area contributed by atoms with Gasteiger partial charge in [0.15, 0.2) is 0 Å². The number of nitrogens with one attached hydrogen (secondary N) is 1. The van der Waals surface area contributed by atoms with Crippen molar-refractivity contribution < 1.29 is 0 Å². The second kappa shape index (κ2) is 5.21. The molecule has 1 aliphatic rings. The Kier molecular flexibility index (Phi) is 3.31. The Morgan fingerprint density at radius 1 is 1.41 bits per heavy atom. The van der Waals surface area contributed by atoms with Gasteiger partial charge >= 0.3 is 5.69 Å². The van der Waals surface area contributed by atoms with Crippen LogP contribution >= 0.6 is 15.9 Å². The number of hydrogen-bond donors (Lipinski definition) is 1. The monoisotopic (exact) mass is 360 g/mol. The molecule has 6 heteroatoms. The van der Waals surface area contributed by atoms with E-state index >= 15 is 0 Å². The lowest BCUT2D eigenvalue weighted by atomic mass is 10.1. The molecule has 1 aromatic carbocycles. The molecule has 5 nitrogen and oxygen atoms in total. The summed E-state index contributed by atoms with van der Waals surface area (Å²) >= 11 is 3.53. The first-order valence-corrected chi connectivity index (χ1v) is 8.32. The lowest BCUT2D eigenvalue weighted by Crippen LogP contribution is -2.36. The molecule has 1 N–H and O–H groups in total. The predicted molar refractivity (Wildman–Crippen MR) is 91.3 cm³/mol. The zero-order chi connectivity index (χ0) is 15.3. The van der Waals surface area contributed by atoms with Gasteiger partial charge in [0.25, 0.3) is 0 Å². The number of hydrogen-bond acceptors (Lipinski definition) is 3. The normalized spacial score (nSPS) is 19.1. The van der Waals surface area contributed by atoms with E-state index in [1.807, 2.05) is 23.7 Å². The van der Waals surface area contributed by atoms with Crippen molar-refractivity contribution in [3.63, 3.8) is 0 Å². The molecule has 22 heavy (non-hydrogen) atoms. The lowest BCUT2D eigenvalue weighted by Gasteiger charge is -2.24. The van der Waals surface area contributed by atoms with E-state index < -0.39 is 0 Å². The molecule has 1 saturated heterocycles. The van der Waals surface area contributed by atoms with E-state index in [9.17, 15) is 4.79 Å². The van der Waals surface area contributed by atoms with E-state index in [4.69, 9.17) is 0 Å². The topological polar surface area (TPSA) is 51.9 Å². The molecule has 2 aromatic heterocycles. The largest absolute Gasteiger partial charge is 0.329 e. The molecule has 1 aliphatic heterocycles. The Morgan fingerprint density at radius 3 is 3.05 bits per heavy atom. The van der Waals surface area contributed by atoms with E-state index in [-0.39, 0.29) is 11.7 Å². The van der Waals surface area contributed by atoms with Crippen LogP contribution in [-0.2, 0) is 7.05 Å². The average molecular weight is 361 g/mol. The summed E-state index contributed by atoms with van der Waals surface area (Å²) in [5, 5.41) is 4.42. The van der Waals surface area contributed by atoms with Gasteiger partial charge in [-0.1, -0.05) is 15.9 Å². The van der Waals surface area contributed by atoms with Gasteiger partial charge in [0, 0.05) is 23.5 Å². The Labute approximate surface area is 136 Å². The molecule has 0 radical (unpaired) electrons. The second-order valence-electron chi connectivity index (χ2n) is 5.87. The summed E-state index contributed by atoms with van der Waals surface area (Å²) in [5.41, 5.74) is 2.84. The number of imidazole rings is 1. The Morgan fingerprint density at radius 2 is 2.27 bits per heavy atom. The maximum Gasteiger partial charge on any atom is 0.329 e. The molecule has 0 aliphatic carbocycles. The molecule has 1 atom stereocenters. The number of benzene rings is 1. The van der Waals surface area contributed by atoms with Gasteiger partial charge in [0.05, 0.1) is 28.8 Å². The van der Waals surface area contributed by atoms with Crippen molar-refractivity contribution in [3.05, 3.63) is 39.4 Å². The maximum atomic E-state index is 12.8. The van der Waals surface area contributed by atoms with Crippen LogP contribution in [0.15, 0.2) is 33.7 Å². The molecule has 0 saturated carbocycles. The molecule has 0 bridgehead atoms. The first-order chi connectivity index (χ1) is 10.7. The second-order valence-corrected chi connectivity index (χ2v) is 6.78. The van der Waals surface area contributed by atoms with Crippen LogP contribution in [0.5, 0.6) is 0 Å². The Bertz CT molecular complexity index is 921. The third-order valence-corrected chi connectivity index (χ3v) is 5.01. The number of halogens is 1. The van der Waals surface area contributed by atoms with Gasteiger partial charge in [-0.25, -0.2) is 4.79 Å². The van der Waals surface area contributed by atoms with Gasteiger partial charge in [0.1, 0.15) is 0 Å². The average Bonchev–Trinajstić information content (AvgIpc) is 2.80. The minimum absolute atomic E-state index is 0.0398. The van der Waals surface area contributed by atoms with Gasteiger partial charge in [-0.15, -0.1) is 0 Å². The zero-order valence-electron chi connectivity index (χ0n) is 12.3. The minimum Gasteiger partial charge on any atom is -0.315 e. The number of aromatic nitrogens is 3. The third kappa shape index (κ3) is 2.01. The summed E-state index contributed by atoms with van der Waals surface area (Å²) in [4.78, 5) is 17.3. The lowest BCUT2D eigenvalue weighted by molar-refractivity contribution is 0.369. The van der Waals surface area contributed by atoms with Crippen LogP contribution in [0.1, 0.15) is 18.9 Å². The van der Waals surface area contributed by atoms with Gasteiger partial charge < -0.3 is 5.32 Å². The van der Waals surface area contributed by atoms with Crippen LogP contribution in [-0.4, -0.2) is 27.2 Å². The summed E-state index contributed by atoms with van der Waals surface area (Å²) < 4.78 is 4.66. The van der Waals surface area contributed by atoms with E-state index in [0.717, 1.165) is 52.3 Å². The van der Waals surface area contributed by atoms with E-state index in [1.165, 1.54) is 0 Å². The van der Waals surface area contributed by atoms with Crippen molar-refractivity contribution in [2.75, 3.05) is 13.1 Å². The van der Waals surface area contributed by atoms with Gasteiger partial charge in [-0.2, -0.15) is 0 Å². The fourth-order valence-corrected chi connectivity index (χ4v) is 3.75. The molecule has 0 amide bonds. The summed E-state index contributed by atoms with van der Waals surface area (Å²) in [6.45, 7) is 1.88. The Hall–Kier alpha value is -1.66. The van der Waals surface area contributed by atoms with E-state index in [2.05, 4.69) is 32.3 Å². The van der Waals surface area contributed by atoms with Crippen molar-refractivity contribution in [2.45, 2.75) is 18.9 Å². The molecule has 3 heterocycles. The quantitative estimate of drug-likeness (QED) is 0.725. The highest BCUT2D eigenvalue weighted by Gasteiger charge is 2.22. The van der Waals surface area contributed by atoms with Crippen molar-refractivity contribution in [3.8, 4) is 0 Å². The first kappa shape index (κ1) is 14.0. The minimum atomic E-state index is 0.0398. The molecular weight excluding hydrogens is 344 g/mol. The highest BCUT2D eigenvalue weighted by Crippen LogP contribution is 2.29. The van der Waals surface area contributed by atoms with Crippen LogP contribution in [0.3, 0.4) is 0 Å². The van der Waals surface area contributed by atoms with Crippen LogP contribution in [0.4, 0.5) is 0 Å². The number of nitrogens with zero attached hydrogens (tertiary/aromatic N) is 3. The van der Waals surface area contributed by atoms with Crippen LogP contribution in [0.25, 0.3) is 21.9 Å². The highest BCUT2D eigenvalue weighted by atomic mass is 79.9. The zero-order valence-corrected chi connectivity index (χ0v) is 13.9. The maximum absolute atomic E-state index is 12.8. The summed E-state index contributed by atoms with van der Waals surface area (Å²) in [6, 6.07) is 6.22. The van der Waals surface area contributed by atoms with Gasteiger partial charge in [0.2, 0.25) is 0 Å². The SMILES string of the molecule is Cn1c(=O)n([C@@H]2CCCNC2)c2c3cc(Br)ccc3ncc21. The molecule has 1 fully saturated rings. The predicted octanol–water partition coefficient (Wildman–Crippen LogP) is 2.58. The van der Waals surface area contributed by atoms with Crippen molar-refractivity contribution in [1.29, 1.82) is 0 Å². The molecule has 3 aromatic rings. The van der Waals surface area contributed by atoms with Crippen molar-refractivity contribution >= 4 is 37.9 Å². The number of piperidine rings is 1. The van der Waals surface area contributed by atoms with Gasteiger partial charge in [-0.05, 0) is 37.6 Å². The molecule has 114 valence electrons. The molecule has 0 unspecified atom stereocenters. The standard InChI is InChI=1S/C16H17BrN4O/c1-20-14-9-19-13-5-4-10(17)7-12(13)15(14)21(16(20)22)11-3-2-6-18-8-11/h4-5,7,9,11,18H,2-3,6,8H2,1H3/t11-/m1/s1. The fraction of sp³-hybridized carbons (Fsp3) is 0.375. The van der Waals surface area contributed by atoms with Crippen LogP contribution < -0.4 is 11.0 Å². The number of aryl methyl sites for hydroxylation is 1. The van der Waals surface area contributed by atoms with Crippen LogP contribution in [0, 0.1) is 0 Å². The molecule has 4 rings (SSSR count). The summed E-state index contributed by atoms with van der Waals surface area (Å²) in [7, 11) is 1.82. The van der Waals surface area contributed by atoms with Crippen molar-refractivity contribution in [1.82, 2.24) is 19.4 Å². The smallest absolute Gasteiger partial charge is 0.315 e.